The highest BCUT2D eigenvalue weighted by Gasteiger charge is 2.25. The number of carbonyl (C=O) groups is 1. The maximum Gasteiger partial charge on any atom is 0.235 e. The molecule has 1 saturated heterocycles. The van der Waals surface area contributed by atoms with Gasteiger partial charge in [0.05, 0.1) is 17.2 Å². The molecule has 2 atom stereocenters. The van der Waals surface area contributed by atoms with E-state index in [1.54, 1.807) is 6.20 Å². The van der Waals surface area contributed by atoms with E-state index in [0.29, 0.717) is 29.0 Å². The number of aromatic nitrogens is 1. The number of hydrogen-bond acceptors (Lipinski definition) is 5. The van der Waals surface area contributed by atoms with E-state index in [2.05, 4.69) is 4.98 Å². The number of likely N-dealkylation sites (tertiary alicyclic amines) is 1. The zero-order valence-electron chi connectivity index (χ0n) is 15.0. The number of oxazole rings is 1. The first kappa shape index (κ1) is 24.1. The number of benzene rings is 1. The smallest absolute Gasteiger partial charge is 0.235 e. The lowest BCUT2D eigenvalue weighted by molar-refractivity contribution is -0.131. The zero-order valence-corrected chi connectivity index (χ0v) is 18.2. The Hall–Kier alpha value is -0.920. The molecule has 3 rings (SSSR count). The molecule has 1 aromatic carbocycles. The van der Waals surface area contributed by atoms with Crippen LogP contribution in [-0.2, 0) is 10.5 Å². The standard InChI is InChI=1S/C18H22ClN3O2S.2ClH/c1-12(18(23)22-8-2-3-15(20)10-22)25-11-17-21-9-16(24-17)13-4-6-14(19)7-5-13;;/h4-7,9,12,15H,2-3,8,10-11,20H2,1H3;2*1H. The lowest BCUT2D eigenvalue weighted by Crippen LogP contribution is -2.48. The van der Waals surface area contributed by atoms with Gasteiger partial charge in [-0.2, -0.15) is 0 Å². The second kappa shape index (κ2) is 11.2. The van der Waals surface area contributed by atoms with E-state index >= 15 is 0 Å². The molecule has 5 nitrogen and oxygen atoms in total. The molecule has 1 amide bonds. The van der Waals surface area contributed by atoms with Gasteiger partial charge in [0.25, 0.3) is 0 Å². The monoisotopic (exact) mass is 451 g/mol. The first-order valence-electron chi connectivity index (χ1n) is 8.39. The molecule has 2 aromatic rings. The molecule has 2 N–H and O–H groups in total. The van der Waals surface area contributed by atoms with Crippen LogP contribution in [0.1, 0.15) is 25.7 Å². The van der Waals surface area contributed by atoms with Gasteiger partial charge >= 0.3 is 0 Å². The van der Waals surface area contributed by atoms with Gasteiger partial charge < -0.3 is 15.1 Å². The van der Waals surface area contributed by atoms with Gasteiger partial charge in [-0.3, -0.25) is 4.79 Å². The van der Waals surface area contributed by atoms with Crippen LogP contribution in [0.2, 0.25) is 5.02 Å². The average molecular weight is 453 g/mol. The Kier molecular flexibility index (Phi) is 9.98. The summed E-state index contributed by atoms with van der Waals surface area (Å²) < 4.78 is 5.78. The van der Waals surface area contributed by atoms with Crippen molar-refractivity contribution in [2.24, 2.45) is 5.73 Å². The highest BCUT2D eigenvalue weighted by Crippen LogP contribution is 2.25. The average Bonchev–Trinajstić information content (AvgIpc) is 3.08. The van der Waals surface area contributed by atoms with Crippen LogP contribution < -0.4 is 5.73 Å². The molecule has 27 heavy (non-hydrogen) atoms. The first-order chi connectivity index (χ1) is 12.0. The number of piperidine rings is 1. The molecule has 1 fully saturated rings. The van der Waals surface area contributed by atoms with E-state index in [9.17, 15) is 4.79 Å². The molecule has 0 saturated carbocycles. The first-order valence-corrected chi connectivity index (χ1v) is 9.82. The van der Waals surface area contributed by atoms with Crippen molar-refractivity contribution in [3.05, 3.63) is 41.4 Å². The second-order valence-corrected chi connectivity index (χ2v) is 8.03. The molecule has 1 aliphatic rings. The molecule has 0 aliphatic carbocycles. The highest BCUT2D eigenvalue weighted by molar-refractivity contribution is 7.99. The van der Waals surface area contributed by atoms with Crippen LogP contribution in [0.15, 0.2) is 34.9 Å². The summed E-state index contributed by atoms with van der Waals surface area (Å²) in [7, 11) is 0. The van der Waals surface area contributed by atoms with E-state index < -0.39 is 0 Å². The Morgan fingerprint density at radius 3 is 2.78 bits per heavy atom. The number of nitrogens with zero attached hydrogens (tertiary/aromatic N) is 2. The van der Waals surface area contributed by atoms with Gasteiger partial charge in [0.2, 0.25) is 11.8 Å². The van der Waals surface area contributed by atoms with Gasteiger partial charge in [-0.05, 0) is 44.0 Å². The Morgan fingerprint density at radius 2 is 2.11 bits per heavy atom. The van der Waals surface area contributed by atoms with Crippen molar-refractivity contribution < 1.29 is 9.21 Å². The van der Waals surface area contributed by atoms with Crippen LogP contribution in [0.25, 0.3) is 11.3 Å². The third-order valence-electron chi connectivity index (χ3n) is 4.26. The van der Waals surface area contributed by atoms with Crippen LogP contribution in [-0.4, -0.2) is 40.2 Å². The van der Waals surface area contributed by atoms with E-state index in [4.69, 9.17) is 21.8 Å². The van der Waals surface area contributed by atoms with Crippen molar-refractivity contribution >= 4 is 54.1 Å². The summed E-state index contributed by atoms with van der Waals surface area (Å²) in [5, 5.41) is 0.542. The molecule has 1 aromatic heterocycles. The second-order valence-electron chi connectivity index (χ2n) is 6.26. The third-order valence-corrected chi connectivity index (χ3v) is 5.62. The van der Waals surface area contributed by atoms with Crippen LogP contribution in [0.5, 0.6) is 0 Å². The van der Waals surface area contributed by atoms with Crippen LogP contribution in [0, 0.1) is 0 Å². The van der Waals surface area contributed by atoms with Crippen LogP contribution in [0.4, 0.5) is 0 Å². The Labute approximate surface area is 181 Å². The molecule has 1 aliphatic heterocycles. The molecule has 0 bridgehead atoms. The summed E-state index contributed by atoms with van der Waals surface area (Å²) >= 11 is 7.43. The molecular formula is C18H24Cl3N3O2S. The van der Waals surface area contributed by atoms with Gasteiger partial charge in [0.1, 0.15) is 0 Å². The van der Waals surface area contributed by atoms with Crippen molar-refractivity contribution in [2.75, 3.05) is 13.1 Å². The highest BCUT2D eigenvalue weighted by atomic mass is 35.5. The summed E-state index contributed by atoms with van der Waals surface area (Å²) in [5.41, 5.74) is 6.89. The minimum Gasteiger partial charge on any atom is -0.440 e. The normalized spacial score (nSPS) is 17.6. The lowest BCUT2D eigenvalue weighted by atomic mass is 10.1. The quantitative estimate of drug-likeness (QED) is 0.727. The SMILES string of the molecule is CC(SCc1ncc(-c2ccc(Cl)cc2)o1)C(=O)N1CCCC(N)C1.Cl.Cl. The third kappa shape index (κ3) is 6.57. The lowest BCUT2D eigenvalue weighted by Gasteiger charge is -2.32. The number of nitrogens with two attached hydrogens (primary N) is 1. The summed E-state index contributed by atoms with van der Waals surface area (Å²) in [4.78, 5) is 18.7. The molecule has 150 valence electrons. The Balaban J connectivity index is 0.00000182. The van der Waals surface area contributed by atoms with E-state index in [1.165, 1.54) is 11.8 Å². The molecular weight excluding hydrogens is 429 g/mol. The predicted molar refractivity (Wildman–Crippen MR) is 116 cm³/mol. The van der Waals surface area contributed by atoms with E-state index in [-0.39, 0.29) is 42.0 Å². The van der Waals surface area contributed by atoms with Crippen molar-refractivity contribution in [2.45, 2.75) is 36.8 Å². The predicted octanol–water partition coefficient (Wildman–Crippen LogP) is 4.41. The summed E-state index contributed by atoms with van der Waals surface area (Å²) in [5.74, 6) is 2.02. The van der Waals surface area contributed by atoms with Crippen molar-refractivity contribution in [3.8, 4) is 11.3 Å². The van der Waals surface area contributed by atoms with Gasteiger partial charge in [0, 0.05) is 29.7 Å². The van der Waals surface area contributed by atoms with Crippen molar-refractivity contribution in [1.82, 2.24) is 9.88 Å². The topological polar surface area (TPSA) is 72.4 Å². The summed E-state index contributed by atoms with van der Waals surface area (Å²) in [6.45, 7) is 3.39. The van der Waals surface area contributed by atoms with Crippen LogP contribution >= 0.6 is 48.2 Å². The molecule has 0 spiro atoms. The Bertz CT molecular complexity index is 727. The fraction of sp³-hybridized carbons (Fsp3) is 0.444. The van der Waals surface area contributed by atoms with Gasteiger partial charge in [-0.15, -0.1) is 36.6 Å². The molecule has 0 radical (unpaired) electrons. The molecule has 2 unspecified atom stereocenters. The number of amides is 1. The number of rotatable bonds is 5. The minimum absolute atomic E-state index is 0. The Morgan fingerprint density at radius 1 is 1.41 bits per heavy atom. The van der Waals surface area contributed by atoms with E-state index in [0.717, 1.165) is 24.9 Å². The maximum absolute atomic E-state index is 12.5. The summed E-state index contributed by atoms with van der Waals surface area (Å²) in [6, 6.07) is 7.52. The summed E-state index contributed by atoms with van der Waals surface area (Å²) in [6.07, 6.45) is 3.68. The maximum atomic E-state index is 12.5. The number of carbonyl (C=O) groups excluding carboxylic acids is 1. The van der Waals surface area contributed by atoms with Crippen LogP contribution in [0.3, 0.4) is 0 Å². The minimum atomic E-state index is -0.142. The number of halogens is 3. The van der Waals surface area contributed by atoms with Gasteiger partial charge in [-0.1, -0.05) is 11.6 Å². The van der Waals surface area contributed by atoms with E-state index in [1.807, 2.05) is 36.1 Å². The molecule has 2 heterocycles. The van der Waals surface area contributed by atoms with Crippen molar-refractivity contribution in [3.63, 3.8) is 0 Å². The van der Waals surface area contributed by atoms with Gasteiger partial charge in [0.15, 0.2) is 5.76 Å². The van der Waals surface area contributed by atoms with Gasteiger partial charge in [-0.25, -0.2) is 4.98 Å². The number of hydrogen-bond donors (Lipinski definition) is 1. The fourth-order valence-electron chi connectivity index (χ4n) is 2.86. The molecule has 9 heteroatoms. The van der Waals surface area contributed by atoms with Crippen molar-refractivity contribution in [1.29, 1.82) is 0 Å². The number of thioether (sulfide) groups is 1. The zero-order chi connectivity index (χ0) is 17.8. The largest absolute Gasteiger partial charge is 0.440 e. The fourth-order valence-corrected chi connectivity index (χ4v) is 3.80.